The number of rotatable bonds is 4. The highest BCUT2D eigenvalue weighted by atomic mass is 32.2. The topological polar surface area (TPSA) is 99.2 Å². The van der Waals surface area contributed by atoms with E-state index in [1.165, 1.54) is 4.31 Å². The van der Waals surface area contributed by atoms with Gasteiger partial charge in [-0.3, -0.25) is 11.3 Å². The Bertz CT molecular complexity index is 339. The molecule has 0 bridgehead atoms. The van der Waals surface area contributed by atoms with E-state index in [9.17, 15) is 8.42 Å². The second-order valence-corrected chi connectivity index (χ2v) is 5.69. The smallest absolute Gasteiger partial charge is 0.213 e. The van der Waals surface area contributed by atoms with E-state index >= 15 is 0 Å². The molecule has 1 fully saturated rings. The molecule has 1 aliphatic heterocycles. The first-order valence-electron chi connectivity index (χ1n) is 4.32. The van der Waals surface area contributed by atoms with Crippen LogP contribution in [0.25, 0.3) is 0 Å². The summed E-state index contributed by atoms with van der Waals surface area (Å²) >= 11 is 0. The fraction of sp³-hybridized carbons (Fsp3) is 0.857. The van der Waals surface area contributed by atoms with Crippen LogP contribution in [0.2, 0.25) is 0 Å². The summed E-state index contributed by atoms with van der Waals surface area (Å²) in [7, 11) is -3.13. The summed E-state index contributed by atoms with van der Waals surface area (Å²) in [6.45, 7) is 2.16. The second-order valence-electron chi connectivity index (χ2n) is 3.43. The number of nitrogens with one attached hydrogen (secondary N) is 1. The standard InChI is InChI=1S/C7H14N4O2S/c1-2-14(12,13)11-5-7(6-11,10-9)3-4-8/h10H,2-3,5-6,9H2,1H3. The zero-order valence-electron chi connectivity index (χ0n) is 8.02. The summed E-state index contributed by atoms with van der Waals surface area (Å²) in [5.74, 6) is 5.36. The van der Waals surface area contributed by atoms with Crippen molar-refractivity contribution in [2.45, 2.75) is 18.9 Å². The lowest BCUT2D eigenvalue weighted by atomic mass is 9.90. The molecule has 0 atom stereocenters. The van der Waals surface area contributed by atoms with Crippen LogP contribution in [0, 0.1) is 11.3 Å². The molecule has 80 valence electrons. The van der Waals surface area contributed by atoms with Crippen molar-refractivity contribution < 1.29 is 8.42 Å². The number of nitrogens with zero attached hydrogens (tertiary/aromatic N) is 2. The van der Waals surface area contributed by atoms with Gasteiger partial charge in [0.2, 0.25) is 10.0 Å². The number of hydrogen-bond donors (Lipinski definition) is 2. The quantitative estimate of drug-likeness (QED) is 0.454. The molecule has 1 saturated heterocycles. The third kappa shape index (κ3) is 1.88. The van der Waals surface area contributed by atoms with E-state index in [1.807, 2.05) is 6.07 Å². The largest absolute Gasteiger partial charge is 0.271 e. The van der Waals surface area contributed by atoms with Crippen LogP contribution >= 0.6 is 0 Å². The van der Waals surface area contributed by atoms with E-state index in [-0.39, 0.29) is 25.3 Å². The van der Waals surface area contributed by atoms with Crippen molar-refractivity contribution >= 4 is 10.0 Å². The molecule has 0 spiro atoms. The SMILES string of the molecule is CCS(=O)(=O)N1CC(CC#N)(NN)C1. The summed E-state index contributed by atoms with van der Waals surface area (Å²) in [5.41, 5.74) is 1.97. The van der Waals surface area contributed by atoms with Gasteiger partial charge in [-0.2, -0.15) is 9.57 Å². The highest BCUT2D eigenvalue weighted by Crippen LogP contribution is 2.26. The van der Waals surface area contributed by atoms with Gasteiger partial charge < -0.3 is 0 Å². The van der Waals surface area contributed by atoms with Crippen LogP contribution in [0.3, 0.4) is 0 Å². The van der Waals surface area contributed by atoms with Crippen molar-refractivity contribution in [3.05, 3.63) is 0 Å². The lowest BCUT2D eigenvalue weighted by Gasteiger charge is -2.47. The fourth-order valence-corrected chi connectivity index (χ4v) is 2.67. The van der Waals surface area contributed by atoms with Gasteiger partial charge in [-0.05, 0) is 6.92 Å². The van der Waals surface area contributed by atoms with Crippen molar-refractivity contribution in [1.29, 1.82) is 5.26 Å². The van der Waals surface area contributed by atoms with Gasteiger partial charge in [0.05, 0.1) is 23.8 Å². The van der Waals surface area contributed by atoms with E-state index in [2.05, 4.69) is 5.43 Å². The van der Waals surface area contributed by atoms with Gasteiger partial charge in [0.25, 0.3) is 0 Å². The minimum Gasteiger partial charge on any atom is -0.271 e. The predicted octanol–water partition coefficient (Wildman–Crippen LogP) is -1.23. The maximum atomic E-state index is 11.4. The Balaban J connectivity index is 2.62. The molecule has 1 aliphatic rings. The first-order valence-corrected chi connectivity index (χ1v) is 5.93. The first-order chi connectivity index (χ1) is 6.49. The monoisotopic (exact) mass is 218 g/mol. The van der Waals surface area contributed by atoms with E-state index in [0.29, 0.717) is 0 Å². The van der Waals surface area contributed by atoms with E-state index in [4.69, 9.17) is 11.1 Å². The summed E-state index contributed by atoms with van der Waals surface area (Å²) < 4.78 is 24.1. The first kappa shape index (κ1) is 11.4. The Morgan fingerprint density at radius 3 is 2.57 bits per heavy atom. The van der Waals surface area contributed by atoms with Crippen LogP contribution in [-0.4, -0.2) is 37.1 Å². The van der Waals surface area contributed by atoms with Crippen LogP contribution in [-0.2, 0) is 10.0 Å². The molecule has 0 saturated carbocycles. The molecule has 1 heterocycles. The van der Waals surface area contributed by atoms with Gasteiger partial charge in [0, 0.05) is 13.1 Å². The Kier molecular flexibility index (Phi) is 3.11. The molecule has 0 aromatic rings. The van der Waals surface area contributed by atoms with Gasteiger partial charge in [0.15, 0.2) is 0 Å². The molecule has 0 radical (unpaired) electrons. The zero-order valence-corrected chi connectivity index (χ0v) is 8.84. The molecular formula is C7H14N4O2S. The van der Waals surface area contributed by atoms with Crippen LogP contribution in [0.15, 0.2) is 0 Å². The summed E-state index contributed by atoms with van der Waals surface area (Å²) in [6.07, 6.45) is 0.221. The maximum Gasteiger partial charge on any atom is 0.213 e. The maximum absolute atomic E-state index is 11.4. The van der Waals surface area contributed by atoms with E-state index < -0.39 is 15.6 Å². The number of hydrogen-bond acceptors (Lipinski definition) is 5. The molecule has 0 aromatic carbocycles. The third-order valence-corrected chi connectivity index (χ3v) is 4.21. The highest BCUT2D eigenvalue weighted by Gasteiger charge is 2.46. The summed E-state index contributed by atoms with van der Waals surface area (Å²) in [4.78, 5) is 0. The Hall–Kier alpha value is -0.680. The third-order valence-electron chi connectivity index (χ3n) is 2.44. The van der Waals surface area contributed by atoms with Crippen molar-refractivity contribution in [3.63, 3.8) is 0 Å². The van der Waals surface area contributed by atoms with Crippen molar-refractivity contribution in [1.82, 2.24) is 9.73 Å². The molecule has 0 amide bonds. The Morgan fingerprint density at radius 2 is 2.21 bits per heavy atom. The minimum atomic E-state index is -3.13. The van der Waals surface area contributed by atoms with Crippen molar-refractivity contribution in [2.75, 3.05) is 18.8 Å². The predicted molar refractivity (Wildman–Crippen MR) is 51.3 cm³/mol. The zero-order chi connectivity index (χ0) is 10.8. The highest BCUT2D eigenvalue weighted by molar-refractivity contribution is 7.89. The Morgan fingerprint density at radius 1 is 1.64 bits per heavy atom. The molecule has 0 unspecified atom stereocenters. The van der Waals surface area contributed by atoms with Gasteiger partial charge in [-0.1, -0.05) is 0 Å². The molecular weight excluding hydrogens is 204 g/mol. The number of sulfonamides is 1. The fourth-order valence-electron chi connectivity index (χ4n) is 1.41. The van der Waals surface area contributed by atoms with E-state index in [1.54, 1.807) is 6.92 Å². The van der Waals surface area contributed by atoms with Crippen LogP contribution < -0.4 is 11.3 Å². The van der Waals surface area contributed by atoms with Crippen LogP contribution in [0.4, 0.5) is 0 Å². The second kappa shape index (κ2) is 3.82. The normalized spacial score (nSPS) is 21.2. The molecule has 6 nitrogen and oxygen atoms in total. The van der Waals surface area contributed by atoms with Gasteiger partial charge in [0.1, 0.15) is 0 Å². The molecule has 0 aromatic heterocycles. The van der Waals surface area contributed by atoms with Crippen LogP contribution in [0.5, 0.6) is 0 Å². The van der Waals surface area contributed by atoms with Gasteiger partial charge in [-0.25, -0.2) is 8.42 Å². The average molecular weight is 218 g/mol. The van der Waals surface area contributed by atoms with Gasteiger partial charge >= 0.3 is 0 Å². The van der Waals surface area contributed by atoms with Crippen molar-refractivity contribution in [2.24, 2.45) is 5.84 Å². The van der Waals surface area contributed by atoms with Crippen LogP contribution in [0.1, 0.15) is 13.3 Å². The lowest BCUT2D eigenvalue weighted by Crippen LogP contribution is -2.71. The van der Waals surface area contributed by atoms with E-state index in [0.717, 1.165) is 0 Å². The minimum absolute atomic E-state index is 0.0835. The lowest BCUT2D eigenvalue weighted by molar-refractivity contribution is 0.120. The molecule has 7 heteroatoms. The Labute approximate surface area is 83.7 Å². The molecule has 14 heavy (non-hydrogen) atoms. The number of nitrogens with two attached hydrogens (primary N) is 1. The van der Waals surface area contributed by atoms with Crippen molar-refractivity contribution in [3.8, 4) is 6.07 Å². The number of nitriles is 1. The summed E-state index contributed by atoms with van der Waals surface area (Å²) in [6, 6.07) is 1.99. The molecule has 0 aliphatic carbocycles. The molecule has 1 rings (SSSR count). The van der Waals surface area contributed by atoms with Gasteiger partial charge in [-0.15, -0.1) is 0 Å². The number of hydrazine groups is 1. The summed E-state index contributed by atoms with van der Waals surface area (Å²) in [5, 5.41) is 8.53. The average Bonchev–Trinajstić information content (AvgIpc) is 2.10. The molecule has 3 N–H and O–H groups in total.